The maximum absolute atomic E-state index is 13.6. The van der Waals surface area contributed by atoms with Crippen molar-refractivity contribution >= 4 is 0 Å². The maximum Gasteiger partial charge on any atom is 0.253 e. The van der Waals surface area contributed by atoms with Gasteiger partial charge in [-0.05, 0) is 18.2 Å². The number of aromatic nitrogens is 2. The molecule has 1 atom stereocenters. The molecule has 1 unspecified atom stereocenters. The number of hydrogen-bond acceptors (Lipinski definition) is 3. The summed E-state index contributed by atoms with van der Waals surface area (Å²) in [5, 5.41) is 10.0. The van der Waals surface area contributed by atoms with E-state index in [-0.39, 0.29) is 23.1 Å². The van der Waals surface area contributed by atoms with Gasteiger partial charge in [-0.3, -0.25) is 9.36 Å². The fourth-order valence-electron chi connectivity index (χ4n) is 2.03. The predicted molar refractivity (Wildman–Crippen MR) is 78.5 cm³/mol. The molecule has 0 spiro atoms. The number of nitrogens with zero attached hydrogens (tertiary/aromatic N) is 2. The molecule has 6 heteroatoms. The van der Waals surface area contributed by atoms with Crippen LogP contribution in [0.1, 0.15) is 38.1 Å². The summed E-state index contributed by atoms with van der Waals surface area (Å²) in [5.74, 6) is -1.37. The van der Waals surface area contributed by atoms with Gasteiger partial charge >= 0.3 is 0 Å². The monoisotopic (exact) mass is 308 g/mol. The smallest absolute Gasteiger partial charge is 0.253 e. The molecule has 1 aromatic carbocycles. The van der Waals surface area contributed by atoms with Crippen LogP contribution in [-0.2, 0) is 12.0 Å². The van der Waals surface area contributed by atoms with Crippen molar-refractivity contribution < 1.29 is 13.9 Å². The fraction of sp³-hybridized carbons (Fsp3) is 0.375. The summed E-state index contributed by atoms with van der Waals surface area (Å²) in [7, 11) is 0. The third kappa shape index (κ3) is 3.57. The zero-order valence-corrected chi connectivity index (χ0v) is 12.7. The Morgan fingerprint density at radius 3 is 2.55 bits per heavy atom. The highest BCUT2D eigenvalue weighted by molar-refractivity contribution is 5.21. The molecule has 1 N–H and O–H groups in total. The Kier molecular flexibility index (Phi) is 4.42. The van der Waals surface area contributed by atoms with Crippen LogP contribution in [0, 0.1) is 11.6 Å². The van der Waals surface area contributed by atoms with Crippen LogP contribution in [0.25, 0.3) is 0 Å². The second-order valence-corrected chi connectivity index (χ2v) is 6.20. The lowest BCUT2D eigenvalue weighted by atomic mass is 9.92. The average molecular weight is 308 g/mol. The predicted octanol–water partition coefficient (Wildman–Crippen LogP) is 2.55. The molecule has 0 saturated heterocycles. The zero-order chi connectivity index (χ0) is 16.5. The molecule has 118 valence electrons. The third-order valence-electron chi connectivity index (χ3n) is 3.33. The molecule has 2 aromatic rings. The molecule has 0 amide bonds. The van der Waals surface area contributed by atoms with E-state index in [0.29, 0.717) is 5.69 Å². The van der Waals surface area contributed by atoms with E-state index in [2.05, 4.69) is 4.98 Å². The highest BCUT2D eigenvalue weighted by Gasteiger charge is 2.18. The first-order chi connectivity index (χ1) is 10.2. The van der Waals surface area contributed by atoms with Crippen LogP contribution in [0.5, 0.6) is 0 Å². The molecule has 4 nitrogen and oxygen atoms in total. The zero-order valence-electron chi connectivity index (χ0n) is 12.7. The fourth-order valence-corrected chi connectivity index (χ4v) is 2.03. The van der Waals surface area contributed by atoms with E-state index in [9.17, 15) is 18.7 Å². The highest BCUT2D eigenvalue weighted by Crippen LogP contribution is 2.20. The molecular weight excluding hydrogens is 290 g/mol. The SMILES string of the molecule is CC(C)(C)c1cc(=O)n(CC(O)c2cc(F)ccc2F)cn1. The van der Waals surface area contributed by atoms with Gasteiger partial charge in [0.25, 0.3) is 5.56 Å². The van der Waals surface area contributed by atoms with Gasteiger partial charge in [-0.15, -0.1) is 0 Å². The van der Waals surface area contributed by atoms with Crippen molar-refractivity contribution in [2.24, 2.45) is 0 Å². The van der Waals surface area contributed by atoms with Crippen LogP contribution in [0.4, 0.5) is 8.78 Å². The van der Waals surface area contributed by atoms with Crippen molar-refractivity contribution in [3.63, 3.8) is 0 Å². The molecule has 0 aliphatic carbocycles. The Labute approximate surface area is 127 Å². The van der Waals surface area contributed by atoms with Crippen molar-refractivity contribution in [2.45, 2.75) is 38.8 Å². The van der Waals surface area contributed by atoms with Crippen molar-refractivity contribution in [2.75, 3.05) is 0 Å². The van der Waals surface area contributed by atoms with Crippen molar-refractivity contribution in [3.8, 4) is 0 Å². The largest absolute Gasteiger partial charge is 0.386 e. The van der Waals surface area contributed by atoms with Crippen LogP contribution in [0.3, 0.4) is 0 Å². The van der Waals surface area contributed by atoms with Gasteiger partial charge in [0.2, 0.25) is 0 Å². The van der Waals surface area contributed by atoms with Crippen molar-refractivity contribution in [3.05, 3.63) is 63.8 Å². The number of aliphatic hydroxyl groups is 1. The van der Waals surface area contributed by atoms with E-state index < -0.39 is 17.7 Å². The Morgan fingerprint density at radius 2 is 1.95 bits per heavy atom. The summed E-state index contributed by atoms with van der Waals surface area (Å²) in [6.45, 7) is 5.58. The van der Waals surface area contributed by atoms with Crippen molar-refractivity contribution in [1.29, 1.82) is 0 Å². The number of aliphatic hydroxyl groups excluding tert-OH is 1. The van der Waals surface area contributed by atoms with Crippen LogP contribution in [-0.4, -0.2) is 14.7 Å². The lowest BCUT2D eigenvalue weighted by molar-refractivity contribution is 0.149. The highest BCUT2D eigenvalue weighted by atomic mass is 19.1. The van der Waals surface area contributed by atoms with Crippen LogP contribution in [0.2, 0.25) is 0 Å². The number of benzene rings is 1. The van der Waals surface area contributed by atoms with E-state index in [1.807, 2.05) is 20.8 Å². The molecule has 0 aliphatic rings. The van der Waals surface area contributed by atoms with Crippen LogP contribution >= 0.6 is 0 Å². The lowest BCUT2D eigenvalue weighted by Crippen LogP contribution is -2.27. The molecule has 0 bridgehead atoms. The van der Waals surface area contributed by atoms with E-state index in [1.54, 1.807) is 0 Å². The van der Waals surface area contributed by atoms with Gasteiger partial charge in [0.15, 0.2) is 0 Å². The molecule has 22 heavy (non-hydrogen) atoms. The topological polar surface area (TPSA) is 55.1 Å². The van der Waals surface area contributed by atoms with E-state index in [4.69, 9.17) is 0 Å². The molecular formula is C16H18F2N2O2. The maximum atomic E-state index is 13.6. The van der Waals surface area contributed by atoms with Gasteiger partial charge in [-0.1, -0.05) is 20.8 Å². The van der Waals surface area contributed by atoms with Gasteiger partial charge < -0.3 is 5.11 Å². The Balaban J connectivity index is 2.27. The van der Waals surface area contributed by atoms with Gasteiger partial charge in [0.1, 0.15) is 11.6 Å². The second-order valence-electron chi connectivity index (χ2n) is 6.20. The number of halogens is 2. The summed E-state index contributed by atoms with van der Waals surface area (Å²) >= 11 is 0. The molecule has 1 aromatic heterocycles. The van der Waals surface area contributed by atoms with Crippen molar-refractivity contribution in [1.82, 2.24) is 9.55 Å². The Bertz CT molecular complexity index is 736. The molecule has 2 rings (SSSR count). The second kappa shape index (κ2) is 5.96. The number of hydrogen-bond donors (Lipinski definition) is 1. The molecule has 0 saturated carbocycles. The first kappa shape index (κ1) is 16.3. The average Bonchev–Trinajstić information content (AvgIpc) is 2.42. The summed E-state index contributed by atoms with van der Waals surface area (Å²) in [6.07, 6.45) is -0.0285. The molecule has 1 heterocycles. The van der Waals surface area contributed by atoms with Gasteiger partial charge in [-0.25, -0.2) is 13.8 Å². The molecule has 0 fully saturated rings. The summed E-state index contributed by atoms with van der Waals surface area (Å²) in [4.78, 5) is 16.2. The molecule has 0 aliphatic heterocycles. The first-order valence-corrected chi connectivity index (χ1v) is 6.88. The van der Waals surface area contributed by atoms with E-state index >= 15 is 0 Å². The van der Waals surface area contributed by atoms with E-state index in [1.165, 1.54) is 17.0 Å². The Hall–Kier alpha value is -2.08. The summed E-state index contributed by atoms with van der Waals surface area (Å²) < 4.78 is 27.9. The molecule has 0 radical (unpaired) electrons. The van der Waals surface area contributed by atoms with Gasteiger partial charge in [-0.2, -0.15) is 0 Å². The Morgan fingerprint density at radius 1 is 1.27 bits per heavy atom. The van der Waals surface area contributed by atoms with Gasteiger partial charge in [0, 0.05) is 17.0 Å². The van der Waals surface area contributed by atoms with Crippen LogP contribution in [0.15, 0.2) is 35.4 Å². The lowest BCUT2D eigenvalue weighted by Gasteiger charge is -2.18. The van der Waals surface area contributed by atoms with Crippen LogP contribution < -0.4 is 5.56 Å². The third-order valence-corrected chi connectivity index (χ3v) is 3.33. The summed E-state index contributed by atoms with van der Waals surface area (Å²) in [5.41, 5.74) is -0.186. The minimum absolute atomic E-state index is 0.188. The van der Waals surface area contributed by atoms with Gasteiger partial charge in [0.05, 0.1) is 24.7 Å². The standard InChI is InChI=1S/C16H18F2N2O2/c1-16(2,3)14-7-15(22)20(9-19-14)8-13(21)11-6-10(17)4-5-12(11)18/h4-7,9,13,21H,8H2,1-3H3. The minimum atomic E-state index is -1.34. The first-order valence-electron chi connectivity index (χ1n) is 6.88. The summed E-state index contributed by atoms with van der Waals surface area (Å²) in [6, 6.07) is 4.21. The quantitative estimate of drug-likeness (QED) is 0.948. The van der Waals surface area contributed by atoms with E-state index in [0.717, 1.165) is 18.2 Å². The normalized spacial score (nSPS) is 13.2. The number of rotatable bonds is 3. The minimum Gasteiger partial charge on any atom is -0.386 e.